The van der Waals surface area contributed by atoms with Gasteiger partial charge in [0.05, 0.1) is 30.3 Å². The van der Waals surface area contributed by atoms with Gasteiger partial charge in [0.2, 0.25) is 0 Å². The number of halogens is 2. The zero-order valence-corrected chi connectivity index (χ0v) is 13.0. The van der Waals surface area contributed by atoms with Crippen molar-refractivity contribution in [2.75, 3.05) is 20.0 Å². The third-order valence-corrected chi connectivity index (χ3v) is 3.51. The third-order valence-electron chi connectivity index (χ3n) is 2.79. The Bertz CT molecular complexity index is 617. The minimum atomic E-state index is -0.430. The van der Waals surface area contributed by atoms with Gasteiger partial charge in [-0.25, -0.2) is 0 Å². The summed E-state index contributed by atoms with van der Waals surface area (Å²) in [5.41, 5.74) is 7.11. The Morgan fingerprint density at radius 3 is 2.33 bits per heavy atom. The monoisotopic (exact) mass is 328 g/mol. The van der Waals surface area contributed by atoms with E-state index < -0.39 is 5.38 Å². The van der Waals surface area contributed by atoms with Gasteiger partial charge >= 0.3 is 12.0 Å². The molecular formula is C13H14Cl2N4O2. The fraction of sp³-hybridized carbons (Fsp3) is 0.308. The predicted octanol–water partition coefficient (Wildman–Crippen LogP) is 2.65. The number of nitrogens with two attached hydrogens (primary N) is 1. The van der Waals surface area contributed by atoms with Gasteiger partial charge in [-0.3, -0.25) is 0 Å². The summed E-state index contributed by atoms with van der Waals surface area (Å²) in [5.74, 6) is 0.443. The van der Waals surface area contributed by atoms with E-state index in [0.29, 0.717) is 23.0 Å². The highest BCUT2D eigenvalue weighted by Gasteiger charge is 2.17. The summed E-state index contributed by atoms with van der Waals surface area (Å²) in [6.07, 6.45) is 0.335. The van der Waals surface area contributed by atoms with Crippen molar-refractivity contribution < 1.29 is 9.47 Å². The molecule has 0 radical (unpaired) electrons. The lowest BCUT2D eigenvalue weighted by atomic mass is 10.1. The van der Waals surface area contributed by atoms with Gasteiger partial charge in [0.1, 0.15) is 5.82 Å². The zero-order valence-electron chi connectivity index (χ0n) is 11.5. The molecule has 112 valence electrons. The number of hydrogen-bond donors (Lipinski definition) is 1. The number of anilines is 1. The number of nitrogen functional groups attached to an aromatic ring is 1. The van der Waals surface area contributed by atoms with Crippen molar-refractivity contribution in [2.45, 2.75) is 11.8 Å². The number of rotatable bonds is 5. The maximum absolute atomic E-state index is 6.39. The average Bonchev–Trinajstić information content (AvgIpc) is 2.49. The molecule has 0 amide bonds. The van der Waals surface area contributed by atoms with Crippen LogP contribution in [0.1, 0.15) is 16.8 Å². The van der Waals surface area contributed by atoms with E-state index in [1.807, 2.05) is 6.07 Å². The van der Waals surface area contributed by atoms with Gasteiger partial charge in [-0.1, -0.05) is 23.7 Å². The van der Waals surface area contributed by atoms with Crippen molar-refractivity contribution in [1.82, 2.24) is 15.0 Å². The molecule has 0 bridgehead atoms. The Morgan fingerprint density at radius 2 is 1.76 bits per heavy atom. The van der Waals surface area contributed by atoms with Crippen LogP contribution in [0, 0.1) is 0 Å². The number of nitrogens with zero attached hydrogens (tertiary/aromatic N) is 3. The molecule has 0 saturated heterocycles. The van der Waals surface area contributed by atoms with Gasteiger partial charge in [0.15, 0.2) is 0 Å². The summed E-state index contributed by atoms with van der Waals surface area (Å²) < 4.78 is 9.99. The molecule has 1 unspecified atom stereocenters. The summed E-state index contributed by atoms with van der Waals surface area (Å²) in [7, 11) is 2.93. The molecule has 2 aromatic rings. The fourth-order valence-corrected chi connectivity index (χ4v) is 2.26. The van der Waals surface area contributed by atoms with E-state index in [1.165, 1.54) is 14.2 Å². The average molecular weight is 329 g/mol. The molecule has 8 heteroatoms. The Morgan fingerprint density at radius 1 is 1.14 bits per heavy atom. The SMILES string of the molecule is COc1nc(CC(Cl)c2cccc(Cl)c2N)nc(OC)n1. The van der Waals surface area contributed by atoms with Crippen LogP contribution in [0.3, 0.4) is 0 Å². The van der Waals surface area contributed by atoms with Crippen LogP contribution >= 0.6 is 23.2 Å². The van der Waals surface area contributed by atoms with E-state index in [9.17, 15) is 0 Å². The first-order valence-corrected chi connectivity index (χ1v) is 6.87. The molecule has 0 aliphatic rings. The van der Waals surface area contributed by atoms with Crippen molar-refractivity contribution >= 4 is 28.9 Å². The number of alkyl halides is 1. The van der Waals surface area contributed by atoms with Gasteiger partial charge in [-0.15, -0.1) is 16.6 Å². The van der Waals surface area contributed by atoms with Gasteiger partial charge in [-0.05, 0) is 11.6 Å². The lowest BCUT2D eigenvalue weighted by molar-refractivity contribution is 0.336. The third kappa shape index (κ3) is 3.65. The molecule has 2 rings (SSSR count). The van der Waals surface area contributed by atoms with Crippen LogP contribution in [0.15, 0.2) is 18.2 Å². The van der Waals surface area contributed by atoms with E-state index in [4.69, 9.17) is 38.4 Å². The second kappa shape index (κ2) is 6.78. The van der Waals surface area contributed by atoms with Crippen molar-refractivity contribution in [3.63, 3.8) is 0 Å². The van der Waals surface area contributed by atoms with Gasteiger partial charge in [-0.2, -0.15) is 9.97 Å². The number of para-hydroxylation sites is 1. The molecular weight excluding hydrogens is 315 g/mol. The first-order valence-electron chi connectivity index (χ1n) is 6.06. The fourth-order valence-electron chi connectivity index (χ4n) is 1.75. The molecule has 2 N–H and O–H groups in total. The molecule has 1 atom stereocenters. The second-order valence-electron chi connectivity index (χ2n) is 4.14. The number of ether oxygens (including phenoxy) is 2. The van der Waals surface area contributed by atoms with E-state index in [-0.39, 0.29) is 12.0 Å². The van der Waals surface area contributed by atoms with E-state index in [0.717, 1.165) is 5.56 Å². The van der Waals surface area contributed by atoms with Crippen molar-refractivity contribution in [3.8, 4) is 12.0 Å². The van der Waals surface area contributed by atoms with Crippen LogP contribution < -0.4 is 15.2 Å². The normalized spacial score (nSPS) is 12.0. The summed E-state index contributed by atoms with van der Waals surface area (Å²) >= 11 is 12.4. The summed E-state index contributed by atoms with van der Waals surface area (Å²) in [5, 5.41) is 0.0319. The van der Waals surface area contributed by atoms with Crippen LogP contribution in [0.2, 0.25) is 5.02 Å². The molecule has 6 nitrogen and oxygen atoms in total. The molecule has 0 aliphatic carbocycles. The second-order valence-corrected chi connectivity index (χ2v) is 5.07. The molecule has 0 saturated carbocycles. The quantitative estimate of drug-likeness (QED) is 0.671. The number of aromatic nitrogens is 3. The number of methoxy groups -OCH3 is 2. The van der Waals surface area contributed by atoms with Gasteiger partial charge in [0.25, 0.3) is 0 Å². The van der Waals surface area contributed by atoms with Gasteiger partial charge < -0.3 is 15.2 Å². The Hall–Kier alpha value is -1.79. The van der Waals surface area contributed by atoms with Crippen LogP contribution in [-0.4, -0.2) is 29.2 Å². The lowest BCUT2D eigenvalue weighted by Gasteiger charge is -2.13. The Labute approximate surface area is 132 Å². The molecule has 1 heterocycles. The van der Waals surface area contributed by atoms with E-state index in [2.05, 4.69) is 15.0 Å². The molecule has 0 fully saturated rings. The minimum absolute atomic E-state index is 0.166. The van der Waals surface area contributed by atoms with E-state index >= 15 is 0 Å². The summed E-state index contributed by atoms with van der Waals surface area (Å²) in [6.45, 7) is 0. The van der Waals surface area contributed by atoms with Crippen LogP contribution in [-0.2, 0) is 6.42 Å². The van der Waals surface area contributed by atoms with Crippen LogP contribution in [0.5, 0.6) is 12.0 Å². The molecule has 21 heavy (non-hydrogen) atoms. The Balaban J connectivity index is 2.26. The van der Waals surface area contributed by atoms with Crippen molar-refractivity contribution in [1.29, 1.82) is 0 Å². The van der Waals surface area contributed by atoms with E-state index in [1.54, 1.807) is 12.1 Å². The Kier molecular flexibility index (Phi) is 5.03. The summed E-state index contributed by atoms with van der Waals surface area (Å²) in [6, 6.07) is 5.64. The molecule has 1 aromatic heterocycles. The maximum Gasteiger partial charge on any atom is 0.322 e. The minimum Gasteiger partial charge on any atom is -0.467 e. The van der Waals surface area contributed by atoms with Crippen molar-refractivity contribution in [2.24, 2.45) is 0 Å². The standard InChI is InChI=1S/C13H14Cl2N4O2/c1-20-12-17-10(18-13(19-12)21-2)6-9(15)7-4-3-5-8(14)11(7)16/h3-5,9H,6,16H2,1-2H3. The number of benzene rings is 1. The molecule has 0 aliphatic heterocycles. The lowest BCUT2D eigenvalue weighted by Crippen LogP contribution is -2.07. The maximum atomic E-state index is 6.39. The highest BCUT2D eigenvalue weighted by atomic mass is 35.5. The number of hydrogen-bond acceptors (Lipinski definition) is 6. The zero-order chi connectivity index (χ0) is 15.4. The van der Waals surface area contributed by atoms with Crippen molar-refractivity contribution in [3.05, 3.63) is 34.6 Å². The largest absolute Gasteiger partial charge is 0.467 e. The highest BCUT2D eigenvalue weighted by Crippen LogP contribution is 2.33. The van der Waals surface area contributed by atoms with Crippen LogP contribution in [0.4, 0.5) is 5.69 Å². The molecule has 1 aromatic carbocycles. The topological polar surface area (TPSA) is 83.2 Å². The highest BCUT2D eigenvalue weighted by molar-refractivity contribution is 6.33. The molecule has 0 spiro atoms. The summed E-state index contributed by atoms with van der Waals surface area (Å²) in [4.78, 5) is 12.2. The van der Waals surface area contributed by atoms with Crippen LogP contribution in [0.25, 0.3) is 0 Å². The first-order chi connectivity index (χ1) is 10.0. The predicted molar refractivity (Wildman–Crippen MR) is 81.1 cm³/mol. The smallest absolute Gasteiger partial charge is 0.322 e. The van der Waals surface area contributed by atoms with Gasteiger partial charge in [0, 0.05) is 6.42 Å². The first kappa shape index (κ1) is 15.6.